The Balaban J connectivity index is 1.89. The van der Waals surface area contributed by atoms with Crippen molar-refractivity contribution in [3.63, 3.8) is 0 Å². The molecule has 6 heteroatoms. The maximum atomic E-state index is 11.1. The number of pyridine rings is 1. The largest absolute Gasteiger partial charge is 0.387 e. The summed E-state index contributed by atoms with van der Waals surface area (Å²) in [7, 11) is 0. The Hall–Kier alpha value is -1.36. The topological polar surface area (TPSA) is 45.2 Å². The van der Waals surface area contributed by atoms with Gasteiger partial charge in [0.25, 0.3) is 0 Å². The summed E-state index contributed by atoms with van der Waals surface area (Å²) in [5.74, 6) is 0. The number of benzene rings is 2. The van der Waals surface area contributed by atoms with E-state index in [0.29, 0.717) is 20.6 Å². The van der Waals surface area contributed by atoms with Gasteiger partial charge in [-0.15, -0.1) is 0 Å². The van der Waals surface area contributed by atoms with Crippen molar-refractivity contribution in [2.45, 2.75) is 31.4 Å². The van der Waals surface area contributed by atoms with Crippen LogP contribution < -0.4 is 5.32 Å². The number of nitrogens with one attached hydrogen (secondary N) is 1. The Morgan fingerprint density at radius 2 is 1.78 bits per heavy atom. The Labute approximate surface area is 173 Å². The highest BCUT2D eigenvalue weighted by atomic mass is 35.5. The number of aliphatic hydroxyl groups is 1. The van der Waals surface area contributed by atoms with Crippen LogP contribution in [0.4, 0.5) is 0 Å². The van der Waals surface area contributed by atoms with E-state index in [1.165, 1.54) is 0 Å². The van der Waals surface area contributed by atoms with Gasteiger partial charge in [-0.05, 0) is 55.3 Å². The lowest BCUT2D eigenvalue weighted by Crippen LogP contribution is -2.38. The first-order valence-electron chi connectivity index (χ1n) is 9.00. The number of hydrogen-bond acceptors (Lipinski definition) is 3. The standard InChI is InChI=1S/C21H19Cl3N2O/c22-13-6-4-12(5-7-13)19-11-16(21(27)18-3-1-2-8-25-18)15-9-14(23)10-17(24)20(15)26-19/h4-7,9-11,18,21,25,27H,1-3,8H2. The molecule has 0 aliphatic carbocycles. The van der Waals surface area contributed by atoms with Gasteiger partial charge < -0.3 is 10.4 Å². The van der Waals surface area contributed by atoms with Crippen LogP contribution in [0.1, 0.15) is 30.9 Å². The molecular weight excluding hydrogens is 403 g/mol. The van der Waals surface area contributed by atoms with Gasteiger partial charge in [0.05, 0.1) is 22.3 Å². The van der Waals surface area contributed by atoms with E-state index >= 15 is 0 Å². The van der Waals surface area contributed by atoms with Crippen molar-refractivity contribution < 1.29 is 5.11 Å². The average molecular weight is 422 g/mol. The summed E-state index contributed by atoms with van der Waals surface area (Å²) < 4.78 is 0. The number of halogens is 3. The maximum Gasteiger partial charge on any atom is 0.0950 e. The molecule has 2 N–H and O–H groups in total. The quantitative estimate of drug-likeness (QED) is 0.542. The summed E-state index contributed by atoms with van der Waals surface area (Å²) in [6, 6.07) is 12.9. The zero-order valence-corrected chi connectivity index (χ0v) is 16.8. The molecule has 2 heterocycles. The van der Waals surface area contributed by atoms with E-state index in [0.717, 1.165) is 48.0 Å². The van der Waals surface area contributed by atoms with Gasteiger partial charge in [-0.25, -0.2) is 4.98 Å². The first kappa shape index (κ1) is 19.0. The van der Waals surface area contributed by atoms with E-state index in [-0.39, 0.29) is 6.04 Å². The van der Waals surface area contributed by atoms with E-state index in [1.807, 2.05) is 36.4 Å². The zero-order chi connectivity index (χ0) is 19.0. The monoisotopic (exact) mass is 420 g/mol. The highest BCUT2D eigenvalue weighted by Gasteiger charge is 2.25. The van der Waals surface area contributed by atoms with Gasteiger partial charge in [0.1, 0.15) is 0 Å². The fourth-order valence-electron chi connectivity index (χ4n) is 3.66. The predicted octanol–water partition coefficient (Wildman–Crippen LogP) is 6.04. The van der Waals surface area contributed by atoms with Gasteiger partial charge in [-0.2, -0.15) is 0 Å². The summed E-state index contributed by atoms with van der Waals surface area (Å²) in [6.07, 6.45) is 2.49. The number of piperidine rings is 1. The lowest BCUT2D eigenvalue weighted by atomic mass is 9.92. The number of aliphatic hydroxyl groups excluding tert-OH is 1. The second-order valence-electron chi connectivity index (χ2n) is 6.89. The molecule has 0 radical (unpaired) electrons. The van der Waals surface area contributed by atoms with Crippen LogP contribution in [-0.2, 0) is 0 Å². The summed E-state index contributed by atoms with van der Waals surface area (Å²) in [5, 5.41) is 17.0. The third-order valence-electron chi connectivity index (χ3n) is 5.05. The third-order valence-corrected chi connectivity index (χ3v) is 5.81. The van der Waals surface area contributed by atoms with E-state index in [4.69, 9.17) is 39.8 Å². The van der Waals surface area contributed by atoms with Crippen molar-refractivity contribution in [3.05, 3.63) is 63.1 Å². The van der Waals surface area contributed by atoms with Crippen molar-refractivity contribution in [2.75, 3.05) is 6.54 Å². The first-order valence-corrected chi connectivity index (χ1v) is 10.1. The van der Waals surface area contributed by atoms with Crippen LogP contribution in [0.15, 0.2) is 42.5 Å². The minimum Gasteiger partial charge on any atom is -0.387 e. The van der Waals surface area contributed by atoms with Crippen molar-refractivity contribution in [3.8, 4) is 11.3 Å². The molecule has 2 unspecified atom stereocenters. The molecule has 0 spiro atoms. The fraction of sp³-hybridized carbons (Fsp3) is 0.286. The molecule has 0 saturated carbocycles. The minimum atomic E-state index is -0.670. The average Bonchev–Trinajstić information content (AvgIpc) is 2.68. The van der Waals surface area contributed by atoms with Crippen LogP contribution in [0.25, 0.3) is 22.2 Å². The van der Waals surface area contributed by atoms with E-state index in [1.54, 1.807) is 6.07 Å². The highest BCUT2D eigenvalue weighted by molar-refractivity contribution is 6.38. The van der Waals surface area contributed by atoms with Crippen LogP contribution in [-0.4, -0.2) is 22.7 Å². The number of nitrogens with zero attached hydrogens (tertiary/aromatic N) is 1. The van der Waals surface area contributed by atoms with Crippen molar-refractivity contribution in [1.29, 1.82) is 0 Å². The smallest absolute Gasteiger partial charge is 0.0950 e. The van der Waals surface area contributed by atoms with Crippen LogP contribution in [0, 0.1) is 0 Å². The normalized spacial score (nSPS) is 18.6. The molecule has 140 valence electrons. The van der Waals surface area contributed by atoms with Crippen LogP contribution in [0.5, 0.6) is 0 Å². The molecular formula is C21H19Cl3N2O. The lowest BCUT2D eigenvalue weighted by Gasteiger charge is -2.29. The molecule has 1 saturated heterocycles. The molecule has 1 aromatic heterocycles. The predicted molar refractivity (Wildman–Crippen MR) is 113 cm³/mol. The zero-order valence-electron chi connectivity index (χ0n) is 14.6. The molecule has 3 aromatic rings. The van der Waals surface area contributed by atoms with Crippen LogP contribution in [0.2, 0.25) is 15.1 Å². The Bertz CT molecular complexity index is 969. The molecule has 2 atom stereocenters. The number of rotatable bonds is 3. The van der Waals surface area contributed by atoms with Gasteiger partial charge in [-0.3, -0.25) is 0 Å². The second-order valence-corrected chi connectivity index (χ2v) is 8.17. The number of hydrogen-bond donors (Lipinski definition) is 2. The number of fused-ring (bicyclic) bond motifs is 1. The van der Waals surface area contributed by atoms with Crippen molar-refractivity contribution in [1.82, 2.24) is 10.3 Å². The van der Waals surface area contributed by atoms with E-state index in [2.05, 4.69) is 5.32 Å². The summed E-state index contributed by atoms with van der Waals surface area (Å²) >= 11 is 18.7. The molecule has 4 rings (SSSR count). The Kier molecular flexibility index (Phi) is 5.58. The van der Waals surface area contributed by atoms with Crippen molar-refractivity contribution in [2.24, 2.45) is 0 Å². The second kappa shape index (κ2) is 7.94. The number of aromatic nitrogens is 1. The van der Waals surface area contributed by atoms with Crippen molar-refractivity contribution >= 4 is 45.7 Å². The van der Waals surface area contributed by atoms with Crippen LogP contribution >= 0.6 is 34.8 Å². The Morgan fingerprint density at radius 1 is 1.00 bits per heavy atom. The molecule has 0 amide bonds. The minimum absolute atomic E-state index is 0.000162. The van der Waals surface area contributed by atoms with E-state index < -0.39 is 6.10 Å². The van der Waals surface area contributed by atoms with Gasteiger partial charge >= 0.3 is 0 Å². The summed E-state index contributed by atoms with van der Waals surface area (Å²) in [6.45, 7) is 0.913. The Morgan fingerprint density at radius 3 is 2.48 bits per heavy atom. The molecule has 1 aliphatic rings. The molecule has 3 nitrogen and oxygen atoms in total. The molecule has 27 heavy (non-hydrogen) atoms. The lowest BCUT2D eigenvalue weighted by molar-refractivity contribution is 0.115. The maximum absolute atomic E-state index is 11.1. The molecule has 2 aromatic carbocycles. The summed E-state index contributed by atoms with van der Waals surface area (Å²) in [4.78, 5) is 4.74. The van der Waals surface area contributed by atoms with Gasteiger partial charge in [0.15, 0.2) is 0 Å². The molecule has 0 bridgehead atoms. The fourth-order valence-corrected chi connectivity index (χ4v) is 4.32. The SMILES string of the molecule is OC(c1cc(-c2ccc(Cl)cc2)nc2c(Cl)cc(Cl)cc12)C1CCCCN1. The highest BCUT2D eigenvalue weighted by Crippen LogP contribution is 2.36. The third kappa shape index (κ3) is 3.94. The van der Waals surface area contributed by atoms with E-state index in [9.17, 15) is 5.11 Å². The first-order chi connectivity index (χ1) is 13.0. The van der Waals surface area contributed by atoms with Crippen LogP contribution in [0.3, 0.4) is 0 Å². The van der Waals surface area contributed by atoms with Gasteiger partial charge in [0, 0.05) is 27.0 Å². The van der Waals surface area contributed by atoms with Gasteiger partial charge in [-0.1, -0.05) is 53.4 Å². The molecule has 1 fully saturated rings. The summed E-state index contributed by atoms with van der Waals surface area (Å²) in [5.41, 5.74) is 3.08. The molecule has 1 aliphatic heterocycles. The van der Waals surface area contributed by atoms with Gasteiger partial charge in [0.2, 0.25) is 0 Å².